The van der Waals surface area contributed by atoms with E-state index in [1.54, 1.807) is 25.4 Å². The van der Waals surface area contributed by atoms with E-state index in [-0.39, 0.29) is 5.82 Å². The molecule has 100 valence electrons. The van der Waals surface area contributed by atoms with Crippen LogP contribution in [0.15, 0.2) is 42.7 Å². The largest absolute Gasteiger partial charge is 0.493 e. The first-order chi connectivity index (χ1) is 9.16. The topological polar surface area (TPSA) is 42.4 Å². The SMILES string of the molecule is C[C@H](O)c1cc(F)ccc1OCCc1ccncc1. The highest BCUT2D eigenvalue weighted by molar-refractivity contribution is 5.35. The Morgan fingerprint density at radius 3 is 2.68 bits per heavy atom. The van der Waals surface area contributed by atoms with Crippen molar-refractivity contribution in [3.05, 3.63) is 59.7 Å². The van der Waals surface area contributed by atoms with Gasteiger partial charge < -0.3 is 9.84 Å². The Kier molecular flexibility index (Phi) is 4.47. The van der Waals surface area contributed by atoms with E-state index < -0.39 is 6.10 Å². The molecule has 3 nitrogen and oxygen atoms in total. The normalized spacial score (nSPS) is 12.2. The van der Waals surface area contributed by atoms with E-state index in [0.29, 0.717) is 17.9 Å². The summed E-state index contributed by atoms with van der Waals surface area (Å²) in [6, 6.07) is 8.01. The molecule has 0 radical (unpaired) electrons. The van der Waals surface area contributed by atoms with Crippen molar-refractivity contribution in [2.75, 3.05) is 6.61 Å². The van der Waals surface area contributed by atoms with Gasteiger partial charge in [0.1, 0.15) is 11.6 Å². The van der Waals surface area contributed by atoms with Crippen molar-refractivity contribution >= 4 is 0 Å². The predicted molar refractivity (Wildman–Crippen MR) is 70.5 cm³/mol. The third-order valence-corrected chi connectivity index (χ3v) is 2.82. The second-order valence-corrected chi connectivity index (χ2v) is 4.31. The molecule has 0 aliphatic rings. The number of hydrogen-bond donors (Lipinski definition) is 1. The number of aliphatic hydroxyl groups excluding tert-OH is 1. The second-order valence-electron chi connectivity index (χ2n) is 4.31. The zero-order valence-corrected chi connectivity index (χ0v) is 10.7. The Bertz CT molecular complexity index is 529. The molecule has 0 saturated carbocycles. The van der Waals surface area contributed by atoms with Crippen LogP contribution < -0.4 is 4.74 Å². The minimum absolute atomic E-state index is 0.377. The van der Waals surface area contributed by atoms with Gasteiger partial charge in [-0.2, -0.15) is 0 Å². The van der Waals surface area contributed by atoms with Gasteiger partial charge in [0.15, 0.2) is 0 Å². The van der Waals surface area contributed by atoms with Gasteiger partial charge in [-0.3, -0.25) is 4.98 Å². The van der Waals surface area contributed by atoms with Crippen LogP contribution in [0.25, 0.3) is 0 Å². The molecular formula is C15H16FNO2. The van der Waals surface area contributed by atoms with Gasteiger partial charge in [-0.15, -0.1) is 0 Å². The first kappa shape index (κ1) is 13.5. The van der Waals surface area contributed by atoms with Gasteiger partial charge >= 0.3 is 0 Å². The fourth-order valence-corrected chi connectivity index (χ4v) is 1.81. The smallest absolute Gasteiger partial charge is 0.125 e. The zero-order valence-electron chi connectivity index (χ0n) is 10.7. The summed E-state index contributed by atoms with van der Waals surface area (Å²) >= 11 is 0. The summed E-state index contributed by atoms with van der Waals surface area (Å²) in [5, 5.41) is 9.59. The van der Waals surface area contributed by atoms with Crippen molar-refractivity contribution < 1.29 is 14.2 Å². The average Bonchev–Trinajstić information content (AvgIpc) is 2.41. The molecule has 4 heteroatoms. The number of ether oxygens (including phenoxy) is 1. The van der Waals surface area contributed by atoms with Gasteiger partial charge in [0.05, 0.1) is 12.7 Å². The molecule has 0 saturated heterocycles. The van der Waals surface area contributed by atoms with Crippen molar-refractivity contribution in [1.82, 2.24) is 4.98 Å². The molecule has 0 aliphatic carbocycles. The monoisotopic (exact) mass is 261 g/mol. The van der Waals surface area contributed by atoms with Crippen molar-refractivity contribution in [3.63, 3.8) is 0 Å². The molecular weight excluding hydrogens is 245 g/mol. The summed E-state index contributed by atoms with van der Waals surface area (Å²) in [7, 11) is 0. The van der Waals surface area contributed by atoms with Crippen LogP contribution >= 0.6 is 0 Å². The number of hydrogen-bond acceptors (Lipinski definition) is 3. The molecule has 1 N–H and O–H groups in total. The van der Waals surface area contributed by atoms with Crippen LogP contribution in [0.1, 0.15) is 24.2 Å². The minimum atomic E-state index is -0.758. The lowest BCUT2D eigenvalue weighted by Gasteiger charge is -2.13. The van der Waals surface area contributed by atoms with Crippen LogP contribution in [0.4, 0.5) is 4.39 Å². The van der Waals surface area contributed by atoms with Crippen molar-refractivity contribution in [3.8, 4) is 5.75 Å². The Morgan fingerprint density at radius 2 is 2.00 bits per heavy atom. The third-order valence-electron chi connectivity index (χ3n) is 2.82. The van der Waals surface area contributed by atoms with Gasteiger partial charge in [0, 0.05) is 24.4 Å². The van der Waals surface area contributed by atoms with Crippen molar-refractivity contribution in [1.29, 1.82) is 0 Å². The van der Waals surface area contributed by atoms with Crippen LogP contribution in [-0.2, 0) is 6.42 Å². The molecule has 2 aromatic rings. The second kappa shape index (κ2) is 6.29. The maximum absolute atomic E-state index is 13.1. The predicted octanol–water partition coefficient (Wildman–Crippen LogP) is 2.90. The fraction of sp³-hybridized carbons (Fsp3) is 0.267. The molecule has 1 aromatic carbocycles. The Morgan fingerprint density at radius 1 is 1.26 bits per heavy atom. The number of pyridine rings is 1. The maximum atomic E-state index is 13.1. The summed E-state index contributed by atoms with van der Waals surface area (Å²) < 4.78 is 18.7. The molecule has 2 rings (SSSR count). The van der Waals surface area contributed by atoms with E-state index in [1.807, 2.05) is 12.1 Å². The van der Waals surface area contributed by atoms with Crippen LogP contribution in [0.2, 0.25) is 0 Å². The highest BCUT2D eigenvalue weighted by atomic mass is 19.1. The summed E-state index contributed by atoms with van der Waals surface area (Å²) in [5.41, 5.74) is 1.59. The number of halogens is 1. The van der Waals surface area contributed by atoms with E-state index in [2.05, 4.69) is 4.98 Å². The van der Waals surface area contributed by atoms with Crippen LogP contribution in [0.5, 0.6) is 5.75 Å². The van der Waals surface area contributed by atoms with Gasteiger partial charge in [0.25, 0.3) is 0 Å². The Labute approximate surface area is 111 Å². The van der Waals surface area contributed by atoms with E-state index in [1.165, 1.54) is 12.1 Å². The van der Waals surface area contributed by atoms with Gasteiger partial charge in [-0.05, 0) is 42.8 Å². The lowest BCUT2D eigenvalue weighted by molar-refractivity contribution is 0.191. The number of rotatable bonds is 5. The summed E-state index contributed by atoms with van der Waals surface area (Å²) in [4.78, 5) is 3.94. The number of aliphatic hydroxyl groups is 1. The lowest BCUT2D eigenvalue weighted by atomic mass is 10.1. The molecule has 0 unspecified atom stereocenters. The molecule has 19 heavy (non-hydrogen) atoms. The molecule has 1 heterocycles. The van der Waals surface area contributed by atoms with Crippen LogP contribution in [-0.4, -0.2) is 16.7 Å². The van der Waals surface area contributed by atoms with E-state index >= 15 is 0 Å². The lowest BCUT2D eigenvalue weighted by Crippen LogP contribution is -2.05. The molecule has 0 bridgehead atoms. The third kappa shape index (κ3) is 3.76. The summed E-state index contributed by atoms with van der Waals surface area (Å²) in [5.74, 6) is 0.142. The van der Waals surface area contributed by atoms with Crippen molar-refractivity contribution in [2.24, 2.45) is 0 Å². The van der Waals surface area contributed by atoms with E-state index in [0.717, 1.165) is 12.0 Å². The Hall–Kier alpha value is -1.94. The molecule has 0 aliphatic heterocycles. The van der Waals surface area contributed by atoms with Gasteiger partial charge in [-0.1, -0.05) is 0 Å². The number of benzene rings is 1. The molecule has 0 amide bonds. The first-order valence-electron chi connectivity index (χ1n) is 6.16. The first-order valence-corrected chi connectivity index (χ1v) is 6.16. The average molecular weight is 261 g/mol. The van der Waals surface area contributed by atoms with Crippen LogP contribution in [0.3, 0.4) is 0 Å². The van der Waals surface area contributed by atoms with Gasteiger partial charge in [0.2, 0.25) is 0 Å². The van der Waals surface area contributed by atoms with Crippen LogP contribution in [0, 0.1) is 5.82 Å². The van der Waals surface area contributed by atoms with Crippen molar-refractivity contribution in [2.45, 2.75) is 19.4 Å². The Balaban J connectivity index is 2.00. The quantitative estimate of drug-likeness (QED) is 0.899. The molecule has 0 fully saturated rings. The molecule has 1 aromatic heterocycles. The standard InChI is InChI=1S/C15H16FNO2/c1-11(18)14-10-13(16)2-3-15(14)19-9-6-12-4-7-17-8-5-12/h2-5,7-8,10-11,18H,6,9H2,1H3/t11-/m0/s1. The number of aromatic nitrogens is 1. The molecule has 1 atom stereocenters. The summed E-state index contributed by atoms with van der Waals surface area (Å²) in [6.07, 6.45) is 3.44. The highest BCUT2D eigenvalue weighted by Crippen LogP contribution is 2.26. The highest BCUT2D eigenvalue weighted by Gasteiger charge is 2.10. The van der Waals surface area contributed by atoms with E-state index in [9.17, 15) is 9.50 Å². The van der Waals surface area contributed by atoms with E-state index in [4.69, 9.17) is 4.74 Å². The minimum Gasteiger partial charge on any atom is -0.493 e. The summed E-state index contributed by atoms with van der Waals surface area (Å²) in [6.45, 7) is 2.06. The zero-order chi connectivity index (χ0) is 13.7. The maximum Gasteiger partial charge on any atom is 0.125 e. The molecule has 0 spiro atoms. The number of nitrogens with zero attached hydrogens (tertiary/aromatic N) is 1. The fourth-order valence-electron chi connectivity index (χ4n) is 1.81. The van der Waals surface area contributed by atoms with Gasteiger partial charge in [-0.25, -0.2) is 4.39 Å².